The van der Waals surface area contributed by atoms with Gasteiger partial charge in [-0.15, -0.1) is 0 Å². The zero-order valence-corrected chi connectivity index (χ0v) is 13.3. The SMILES string of the molecule is COC(C)(C)CCC(NN)c1cccc(OC(C)C)c1. The van der Waals surface area contributed by atoms with Crippen LogP contribution in [0.3, 0.4) is 0 Å². The average Bonchev–Trinajstić information content (AvgIpc) is 2.39. The molecule has 1 unspecified atom stereocenters. The van der Waals surface area contributed by atoms with Crippen molar-refractivity contribution < 1.29 is 9.47 Å². The molecule has 0 bridgehead atoms. The molecule has 0 saturated heterocycles. The summed E-state index contributed by atoms with van der Waals surface area (Å²) in [4.78, 5) is 0. The van der Waals surface area contributed by atoms with E-state index in [1.807, 2.05) is 32.0 Å². The Hall–Kier alpha value is -1.10. The second-order valence-corrected chi connectivity index (χ2v) is 5.96. The van der Waals surface area contributed by atoms with Gasteiger partial charge in [0.1, 0.15) is 5.75 Å². The summed E-state index contributed by atoms with van der Waals surface area (Å²) in [6, 6.07) is 8.18. The van der Waals surface area contributed by atoms with Crippen LogP contribution >= 0.6 is 0 Å². The second-order valence-electron chi connectivity index (χ2n) is 5.96. The van der Waals surface area contributed by atoms with Gasteiger partial charge in [0, 0.05) is 13.2 Å². The molecule has 1 rings (SSSR count). The van der Waals surface area contributed by atoms with Gasteiger partial charge in [-0.3, -0.25) is 11.3 Å². The van der Waals surface area contributed by atoms with Gasteiger partial charge in [0.25, 0.3) is 0 Å². The van der Waals surface area contributed by atoms with Gasteiger partial charge in [-0.2, -0.15) is 0 Å². The zero-order valence-electron chi connectivity index (χ0n) is 13.3. The first kappa shape index (κ1) is 17.0. The fraction of sp³-hybridized carbons (Fsp3) is 0.625. The van der Waals surface area contributed by atoms with E-state index < -0.39 is 0 Å². The molecular formula is C16H28N2O2. The molecule has 0 aliphatic rings. The molecule has 20 heavy (non-hydrogen) atoms. The van der Waals surface area contributed by atoms with Crippen LogP contribution in [0, 0.1) is 0 Å². The first-order valence-corrected chi connectivity index (χ1v) is 7.16. The van der Waals surface area contributed by atoms with Crippen molar-refractivity contribution in [3.63, 3.8) is 0 Å². The molecule has 1 atom stereocenters. The lowest BCUT2D eigenvalue weighted by Crippen LogP contribution is -2.31. The van der Waals surface area contributed by atoms with E-state index in [1.165, 1.54) is 0 Å². The minimum atomic E-state index is -0.138. The molecule has 3 N–H and O–H groups in total. The van der Waals surface area contributed by atoms with Crippen LogP contribution in [0.25, 0.3) is 0 Å². The Morgan fingerprint density at radius 3 is 2.55 bits per heavy atom. The lowest BCUT2D eigenvalue weighted by molar-refractivity contribution is 0.0117. The molecule has 0 heterocycles. The number of hydrogen-bond acceptors (Lipinski definition) is 4. The predicted octanol–water partition coefficient (Wildman–Crippen LogP) is 3.18. The standard InChI is InChI=1S/C16H28N2O2/c1-12(2)20-14-8-6-7-13(11-14)15(18-17)9-10-16(3,4)19-5/h6-8,11-12,15,18H,9-10,17H2,1-5H3. The molecule has 0 amide bonds. The van der Waals surface area contributed by atoms with Crippen LogP contribution < -0.4 is 16.0 Å². The van der Waals surface area contributed by atoms with E-state index in [0.29, 0.717) is 0 Å². The Balaban J connectivity index is 2.74. The van der Waals surface area contributed by atoms with Crippen molar-refractivity contribution in [2.75, 3.05) is 7.11 Å². The predicted molar refractivity (Wildman–Crippen MR) is 82.6 cm³/mol. The van der Waals surface area contributed by atoms with Gasteiger partial charge in [-0.05, 0) is 58.2 Å². The summed E-state index contributed by atoms with van der Waals surface area (Å²) < 4.78 is 11.2. The Labute approximate surface area is 122 Å². The van der Waals surface area contributed by atoms with Gasteiger partial charge >= 0.3 is 0 Å². The summed E-state index contributed by atoms with van der Waals surface area (Å²) >= 11 is 0. The largest absolute Gasteiger partial charge is 0.491 e. The highest BCUT2D eigenvalue weighted by molar-refractivity contribution is 5.30. The molecule has 114 valence electrons. The van der Waals surface area contributed by atoms with Crippen molar-refractivity contribution in [1.29, 1.82) is 0 Å². The van der Waals surface area contributed by atoms with Crippen molar-refractivity contribution in [1.82, 2.24) is 5.43 Å². The Morgan fingerprint density at radius 1 is 1.30 bits per heavy atom. The molecule has 0 spiro atoms. The highest BCUT2D eigenvalue weighted by atomic mass is 16.5. The molecule has 0 fully saturated rings. The summed E-state index contributed by atoms with van der Waals surface area (Å²) in [5.74, 6) is 6.57. The van der Waals surface area contributed by atoms with Crippen LogP contribution in [0.4, 0.5) is 0 Å². The molecule has 4 heteroatoms. The van der Waals surface area contributed by atoms with E-state index in [4.69, 9.17) is 15.3 Å². The highest BCUT2D eigenvalue weighted by Gasteiger charge is 2.20. The van der Waals surface area contributed by atoms with E-state index in [1.54, 1.807) is 7.11 Å². The third-order valence-corrected chi connectivity index (χ3v) is 3.42. The average molecular weight is 280 g/mol. The molecular weight excluding hydrogens is 252 g/mol. The van der Waals surface area contributed by atoms with Crippen LogP contribution in [-0.2, 0) is 4.74 Å². The Kier molecular flexibility index (Phi) is 6.46. The molecule has 0 radical (unpaired) electrons. The lowest BCUT2D eigenvalue weighted by Gasteiger charge is -2.26. The Morgan fingerprint density at radius 2 is 2.00 bits per heavy atom. The summed E-state index contributed by atoms with van der Waals surface area (Å²) in [6.07, 6.45) is 2.00. The van der Waals surface area contributed by atoms with E-state index in [0.717, 1.165) is 24.2 Å². The van der Waals surface area contributed by atoms with Gasteiger partial charge < -0.3 is 9.47 Å². The first-order chi connectivity index (χ1) is 9.38. The van der Waals surface area contributed by atoms with Gasteiger partial charge in [-0.1, -0.05) is 12.1 Å². The van der Waals surface area contributed by atoms with Crippen molar-refractivity contribution in [2.45, 2.75) is 58.3 Å². The van der Waals surface area contributed by atoms with E-state index in [-0.39, 0.29) is 17.7 Å². The zero-order chi connectivity index (χ0) is 15.2. The van der Waals surface area contributed by atoms with Crippen LogP contribution in [-0.4, -0.2) is 18.8 Å². The molecule has 0 aliphatic carbocycles. The van der Waals surface area contributed by atoms with Crippen LogP contribution in [0.1, 0.15) is 52.1 Å². The molecule has 0 aliphatic heterocycles. The third-order valence-electron chi connectivity index (χ3n) is 3.42. The second kappa shape index (κ2) is 7.62. The number of nitrogens with one attached hydrogen (secondary N) is 1. The van der Waals surface area contributed by atoms with Gasteiger partial charge in [-0.25, -0.2) is 0 Å². The van der Waals surface area contributed by atoms with Gasteiger partial charge in [0.2, 0.25) is 0 Å². The molecule has 1 aromatic rings. The number of methoxy groups -OCH3 is 1. The van der Waals surface area contributed by atoms with E-state index in [9.17, 15) is 0 Å². The monoisotopic (exact) mass is 280 g/mol. The minimum absolute atomic E-state index is 0.0973. The normalized spacial score (nSPS) is 13.6. The smallest absolute Gasteiger partial charge is 0.120 e. The maximum Gasteiger partial charge on any atom is 0.120 e. The van der Waals surface area contributed by atoms with Crippen molar-refractivity contribution in [2.24, 2.45) is 5.84 Å². The lowest BCUT2D eigenvalue weighted by atomic mass is 9.95. The number of benzene rings is 1. The minimum Gasteiger partial charge on any atom is -0.491 e. The van der Waals surface area contributed by atoms with Crippen LogP contribution in [0.2, 0.25) is 0 Å². The van der Waals surface area contributed by atoms with Crippen molar-refractivity contribution in [3.05, 3.63) is 29.8 Å². The number of hydrogen-bond donors (Lipinski definition) is 2. The van der Waals surface area contributed by atoms with Crippen molar-refractivity contribution in [3.8, 4) is 5.75 Å². The van der Waals surface area contributed by atoms with E-state index >= 15 is 0 Å². The Bertz CT molecular complexity index is 405. The summed E-state index contributed by atoms with van der Waals surface area (Å²) in [7, 11) is 1.74. The van der Waals surface area contributed by atoms with Crippen molar-refractivity contribution >= 4 is 0 Å². The van der Waals surface area contributed by atoms with Gasteiger partial charge in [0.05, 0.1) is 11.7 Å². The molecule has 1 aromatic carbocycles. The highest BCUT2D eigenvalue weighted by Crippen LogP contribution is 2.26. The summed E-state index contributed by atoms with van der Waals surface area (Å²) in [6.45, 7) is 8.20. The fourth-order valence-corrected chi connectivity index (χ4v) is 2.02. The quantitative estimate of drug-likeness (QED) is 0.567. The fourth-order valence-electron chi connectivity index (χ4n) is 2.02. The number of rotatable bonds is 8. The number of nitrogens with two attached hydrogens (primary N) is 1. The van der Waals surface area contributed by atoms with Crippen LogP contribution in [0.15, 0.2) is 24.3 Å². The topological polar surface area (TPSA) is 56.5 Å². The number of hydrazine groups is 1. The third kappa shape index (κ3) is 5.49. The molecule has 4 nitrogen and oxygen atoms in total. The summed E-state index contributed by atoms with van der Waals surface area (Å²) in [5.41, 5.74) is 3.88. The summed E-state index contributed by atoms with van der Waals surface area (Å²) in [5, 5.41) is 0. The maximum absolute atomic E-state index is 5.72. The molecule has 0 saturated carbocycles. The molecule has 0 aromatic heterocycles. The van der Waals surface area contributed by atoms with E-state index in [2.05, 4.69) is 25.3 Å². The number of ether oxygens (including phenoxy) is 2. The van der Waals surface area contributed by atoms with Crippen LogP contribution in [0.5, 0.6) is 5.75 Å². The first-order valence-electron chi connectivity index (χ1n) is 7.16. The van der Waals surface area contributed by atoms with Gasteiger partial charge in [0.15, 0.2) is 0 Å². The maximum atomic E-state index is 5.72.